The summed E-state index contributed by atoms with van der Waals surface area (Å²) in [7, 11) is 1.80. The van der Waals surface area contributed by atoms with Gasteiger partial charge in [0.2, 0.25) is 0 Å². The maximum Gasteiger partial charge on any atom is 0.163 e. The van der Waals surface area contributed by atoms with Crippen molar-refractivity contribution in [2.24, 2.45) is 7.05 Å². The van der Waals surface area contributed by atoms with E-state index >= 15 is 0 Å². The van der Waals surface area contributed by atoms with Crippen LogP contribution >= 0.6 is 27.5 Å². The third kappa shape index (κ3) is 1.97. The molecule has 6 heteroatoms. The van der Waals surface area contributed by atoms with Gasteiger partial charge in [0, 0.05) is 12.6 Å². The van der Waals surface area contributed by atoms with E-state index in [2.05, 4.69) is 26.1 Å². The molecule has 0 aliphatic heterocycles. The Morgan fingerprint density at radius 2 is 2.19 bits per heavy atom. The molecule has 2 rings (SSSR count). The predicted octanol–water partition coefficient (Wildman–Crippen LogP) is 3.12. The summed E-state index contributed by atoms with van der Waals surface area (Å²) in [6.07, 6.45) is 0. The van der Waals surface area contributed by atoms with Crippen molar-refractivity contribution >= 4 is 27.5 Å². The molecule has 0 aliphatic rings. The molecule has 0 N–H and O–H groups in total. The van der Waals surface area contributed by atoms with E-state index in [4.69, 9.17) is 11.6 Å². The smallest absolute Gasteiger partial charge is 0.163 e. The molecule has 16 heavy (non-hydrogen) atoms. The van der Waals surface area contributed by atoms with Gasteiger partial charge in [-0.25, -0.2) is 4.39 Å². The molecule has 1 aromatic heterocycles. The third-order valence-electron chi connectivity index (χ3n) is 2.26. The summed E-state index contributed by atoms with van der Waals surface area (Å²) in [6.45, 7) is 0. The van der Waals surface area contributed by atoms with Crippen molar-refractivity contribution in [3.63, 3.8) is 0 Å². The zero-order chi connectivity index (χ0) is 11.7. The molecule has 1 aromatic carbocycles. The topological polar surface area (TPSA) is 30.7 Å². The van der Waals surface area contributed by atoms with Gasteiger partial charge in [0.05, 0.1) is 10.4 Å². The molecule has 0 saturated carbocycles. The molecule has 1 heterocycles. The molecular weight excluding hydrogens is 296 g/mol. The second-order valence-corrected chi connectivity index (χ2v) is 4.38. The first-order valence-electron chi connectivity index (χ1n) is 4.53. The second-order valence-electron chi connectivity index (χ2n) is 3.26. The van der Waals surface area contributed by atoms with Gasteiger partial charge in [0.25, 0.3) is 0 Å². The number of hydrogen-bond donors (Lipinski definition) is 0. The summed E-state index contributed by atoms with van der Waals surface area (Å²) < 4.78 is 15.5. The van der Waals surface area contributed by atoms with Crippen LogP contribution < -0.4 is 0 Å². The largest absolute Gasteiger partial charge is 0.313 e. The third-order valence-corrected chi connectivity index (χ3v) is 3.14. The molecule has 0 atom stereocenters. The number of halogens is 3. The first kappa shape index (κ1) is 11.5. The van der Waals surface area contributed by atoms with Crippen LogP contribution in [0.5, 0.6) is 0 Å². The fraction of sp³-hybridized carbons (Fsp3) is 0.200. The summed E-state index contributed by atoms with van der Waals surface area (Å²) in [5.41, 5.74) is 0.673. The first-order chi connectivity index (χ1) is 7.63. The van der Waals surface area contributed by atoms with Crippen LogP contribution in [0, 0.1) is 5.82 Å². The van der Waals surface area contributed by atoms with E-state index in [-0.39, 0.29) is 11.7 Å². The van der Waals surface area contributed by atoms with Crippen molar-refractivity contribution in [1.82, 2.24) is 14.8 Å². The molecule has 84 valence electrons. The highest BCUT2D eigenvalue weighted by atomic mass is 79.9. The van der Waals surface area contributed by atoms with E-state index in [1.807, 2.05) is 0 Å². The molecule has 3 nitrogen and oxygen atoms in total. The van der Waals surface area contributed by atoms with Crippen molar-refractivity contribution in [3.05, 3.63) is 34.3 Å². The van der Waals surface area contributed by atoms with Gasteiger partial charge in [0.15, 0.2) is 5.82 Å². The lowest BCUT2D eigenvalue weighted by atomic mass is 10.2. The summed E-state index contributed by atoms with van der Waals surface area (Å²) >= 11 is 8.78. The lowest BCUT2D eigenvalue weighted by Gasteiger charge is -2.03. The molecule has 0 aliphatic carbocycles. The monoisotopic (exact) mass is 303 g/mol. The Kier molecular flexibility index (Phi) is 3.25. The molecular formula is C10H8BrClFN3. The van der Waals surface area contributed by atoms with E-state index in [0.717, 1.165) is 0 Å². The Bertz CT molecular complexity index is 527. The number of nitrogens with zero attached hydrogens (tertiary/aromatic N) is 3. The van der Waals surface area contributed by atoms with Crippen molar-refractivity contribution in [3.8, 4) is 11.4 Å². The Hall–Kier alpha value is -0.940. The summed E-state index contributed by atoms with van der Waals surface area (Å²) in [4.78, 5) is 0. The molecule has 0 saturated heterocycles. The average molecular weight is 305 g/mol. The number of hydrogen-bond acceptors (Lipinski definition) is 2. The number of benzene rings is 1. The molecule has 0 spiro atoms. The van der Waals surface area contributed by atoms with E-state index in [1.165, 1.54) is 6.07 Å². The lowest BCUT2D eigenvalue weighted by molar-refractivity contribution is 0.621. The second kappa shape index (κ2) is 4.51. The maximum atomic E-state index is 13.4. The SMILES string of the molecule is Cn1c(CCl)nnc1-c1ccc(Br)c(F)c1. The van der Waals surface area contributed by atoms with E-state index < -0.39 is 0 Å². The molecule has 0 unspecified atom stereocenters. The highest BCUT2D eigenvalue weighted by Crippen LogP contribution is 2.23. The number of aromatic nitrogens is 3. The highest BCUT2D eigenvalue weighted by molar-refractivity contribution is 9.10. The van der Waals surface area contributed by atoms with Gasteiger partial charge in [-0.1, -0.05) is 0 Å². The fourth-order valence-corrected chi connectivity index (χ4v) is 1.84. The summed E-state index contributed by atoms with van der Waals surface area (Å²) in [6, 6.07) is 4.82. The Labute approximate surface area is 105 Å². The molecule has 0 bridgehead atoms. The van der Waals surface area contributed by atoms with Crippen LogP contribution in [0.2, 0.25) is 0 Å². The Balaban J connectivity index is 2.50. The zero-order valence-electron chi connectivity index (χ0n) is 8.41. The first-order valence-corrected chi connectivity index (χ1v) is 5.86. The zero-order valence-corrected chi connectivity index (χ0v) is 10.8. The van der Waals surface area contributed by atoms with Crippen LogP contribution in [0.3, 0.4) is 0 Å². The van der Waals surface area contributed by atoms with Gasteiger partial charge in [-0.05, 0) is 34.1 Å². The van der Waals surface area contributed by atoms with Crippen LogP contribution in [0.4, 0.5) is 4.39 Å². The van der Waals surface area contributed by atoms with Gasteiger partial charge in [-0.15, -0.1) is 21.8 Å². The normalized spacial score (nSPS) is 10.8. The number of rotatable bonds is 2. The molecule has 2 aromatic rings. The van der Waals surface area contributed by atoms with Crippen LogP contribution in [0.15, 0.2) is 22.7 Å². The lowest BCUT2D eigenvalue weighted by Crippen LogP contribution is -1.97. The predicted molar refractivity (Wildman–Crippen MR) is 63.7 cm³/mol. The summed E-state index contributed by atoms with van der Waals surface area (Å²) in [5, 5.41) is 7.88. The van der Waals surface area contributed by atoms with E-state index in [1.54, 1.807) is 23.7 Å². The van der Waals surface area contributed by atoms with Gasteiger partial charge in [-0.2, -0.15) is 0 Å². The highest BCUT2D eigenvalue weighted by Gasteiger charge is 2.11. The summed E-state index contributed by atoms with van der Waals surface area (Å²) in [5.74, 6) is 1.21. The van der Waals surface area contributed by atoms with Crippen LogP contribution in [0.25, 0.3) is 11.4 Å². The van der Waals surface area contributed by atoms with E-state index in [9.17, 15) is 4.39 Å². The van der Waals surface area contributed by atoms with Crippen molar-refractivity contribution in [1.29, 1.82) is 0 Å². The Morgan fingerprint density at radius 1 is 1.44 bits per heavy atom. The molecule has 0 radical (unpaired) electrons. The standard InChI is InChI=1S/C10H8BrClFN3/c1-16-9(5-12)14-15-10(16)6-2-3-7(11)8(13)4-6/h2-4H,5H2,1H3. The average Bonchev–Trinajstić information content (AvgIpc) is 2.64. The van der Waals surface area contributed by atoms with Crippen LogP contribution in [-0.2, 0) is 12.9 Å². The fourth-order valence-electron chi connectivity index (χ4n) is 1.36. The van der Waals surface area contributed by atoms with Crippen LogP contribution in [0.1, 0.15) is 5.82 Å². The molecule has 0 fully saturated rings. The Morgan fingerprint density at radius 3 is 2.75 bits per heavy atom. The van der Waals surface area contributed by atoms with Crippen molar-refractivity contribution in [2.45, 2.75) is 5.88 Å². The van der Waals surface area contributed by atoms with Gasteiger partial charge < -0.3 is 4.57 Å². The maximum absolute atomic E-state index is 13.4. The van der Waals surface area contributed by atoms with Crippen LogP contribution in [-0.4, -0.2) is 14.8 Å². The minimum atomic E-state index is -0.326. The van der Waals surface area contributed by atoms with Crippen molar-refractivity contribution < 1.29 is 4.39 Å². The van der Waals surface area contributed by atoms with Gasteiger partial charge in [-0.3, -0.25) is 0 Å². The van der Waals surface area contributed by atoms with Crippen molar-refractivity contribution in [2.75, 3.05) is 0 Å². The minimum absolute atomic E-state index is 0.280. The number of alkyl halides is 1. The molecule has 0 amide bonds. The van der Waals surface area contributed by atoms with Gasteiger partial charge in [0.1, 0.15) is 11.6 Å². The van der Waals surface area contributed by atoms with E-state index in [0.29, 0.717) is 21.7 Å². The minimum Gasteiger partial charge on any atom is -0.313 e. The quantitative estimate of drug-likeness (QED) is 0.798. The van der Waals surface area contributed by atoms with Gasteiger partial charge >= 0.3 is 0 Å².